The van der Waals surface area contributed by atoms with Crippen LogP contribution in [0.4, 0.5) is 5.69 Å². The number of benzene rings is 4. The first kappa shape index (κ1) is 27.3. The first-order valence-corrected chi connectivity index (χ1v) is 13.3. The Kier molecular flexibility index (Phi) is 9.21. The monoisotopic (exact) mass is 537 g/mol. The van der Waals surface area contributed by atoms with Gasteiger partial charge in [-0.05, 0) is 28.8 Å². The highest BCUT2D eigenvalue weighted by atomic mass is 32.2. The van der Waals surface area contributed by atoms with Gasteiger partial charge in [-0.2, -0.15) is 0 Å². The third kappa shape index (κ3) is 6.77. The minimum Gasteiger partial charge on any atom is -0.466 e. The summed E-state index contributed by atoms with van der Waals surface area (Å²) in [6, 6.07) is 34.3. The van der Waals surface area contributed by atoms with Crippen LogP contribution in [0.2, 0.25) is 0 Å². The van der Waals surface area contributed by atoms with Crippen molar-refractivity contribution in [3.63, 3.8) is 0 Å². The number of nitrogens with one attached hydrogen (secondary N) is 1. The molecule has 0 aliphatic heterocycles. The van der Waals surface area contributed by atoms with Gasteiger partial charge in [0.15, 0.2) is 0 Å². The molecule has 1 N–H and O–H groups in total. The van der Waals surface area contributed by atoms with Crippen LogP contribution < -0.4 is 5.32 Å². The van der Waals surface area contributed by atoms with Crippen LogP contribution in [-0.2, 0) is 29.9 Å². The number of hydrogen-bond acceptors (Lipinski definition) is 6. The van der Waals surface area contributed by atoms with Crippen molar-refractivity contribution in [1.82, 2.24) is 0 Å². The molecule has 6 nitrogen and oxygen atoms in total. The molecule has 0 saturated carbocycles. The van der Waals surface area contributed by atoms with E-state index < -0.39 is 22.7 Å². The molecule has 0 spiro atoms. The van der Waals surface area contributed by atoms with Gasteiger partial charge in [0.1, 0.15) is 5.70 Å². The third-order valence-corrected chi connectivity index (χ3v) is 7.09. The van der Waals surface area contributed by atoms with Gasteiger partial charge in [0.2, 0.25) is 0 Å². The number of esters is 2. The van der Waals surface area contributed by atoms with Crippen LogP contribution in [0.3, 0.4) is 0 Å². The Morgan fingerprint density at radius 1 is 0.692 bits per heavy atom. The highest BCUT2D eigenvalue weighted by Crippen LogP contribution is 2.34. The smallest absolute Gasteiger partial charge is 0.354 e. The number of methoxy groups -OCH3 is 2. The van der Waals surface area contributed by atoms with Crippen molar-refractivity contribution in [3.05, 3.63) is 138 Å². The summed E-state index contributed by atoms with van der Waals surface area (Å²) >= 11 is 0. The zero-order valence-corrected chi connectivity index (χ0v) is 22.3. The molecule has 4 aromatic carbocycles. The molecule has 0 fully saturated rings. The SMILES string of the molecule is COC(=O)/C=C(/Nc1ccccc1-c1ccccc1S(=O)C=C(c1ccccc1)c1ccccc1)C(=O)OC. The molecular weight excluding hydrogens is 510 g/mol. The normalized spacial score (nSPS) is 11.7. The molecule has 0 saturated heterocycles. The van der Waals surface area contributed by atoms with Gasteiger partial charge in [-0.25, -0.2) is 13.8 Å². The van der Waals surface area contributed by atoms with E-state index in [1.165, 1.54) is 14.2 Å². The van der Waals surface area contributed by atoms with Gasteiger partial charge in [-0.1, -0.05) is 97.1 Å². The standard InChI is InChI=1S/C32H27NO5S/c1-37-31(34)21-29(32(35)38-2)33-28-19-11-9-17-25(28)26-18-10-12-20-30(26)39(36)22-27(23-13-5-3-6-14-23)24-15-7-4-8-16-24/h3-22,33H,1-2H3/b29-21+. The fourth-order valence-electron chi connectivity index (χ4n) is 3.98. The maximum atomic E-state index is 13.9. The molecule has 0 amide bonds. The summed E-state index contributed by atoms with van der Waals surface area (Å²) in [5, 5.41) is 4.75. The van der Waals surface area contributed by atoms with Crippen molar-refractivity contribution in [2.24, 2.45) is 0 Å². The molecule has 1 atom stereocenters. The molecule has 7 heteroatoms. The van der Waals surface area contributed by atoms with E-state index in [2.05, 4.69) is 10.1 Å². The predicted octanol–water partition coefficient (Wildman–Crippen LogP) is 6.19. The van der Waals surface area contributed by atoms with Crippen LogP contribution in [0, 0.1) is 0 Å². The molecule has 1 unspecified atom stereocenters. The van der Waals surface area contributed by atoms with Gasteiger partial charge in [-0.15, -0.1) is 0 Å². The second-order valence-electron chi connectivity index (χ2n) is 8.30. The van der Waals surface area contributed by atoms with E-state index in [0.717, 1.165) is 22.8 Å². The summed E-state index contributed by atoms with van der Waals surface area (Å²) in [5.41, 5.74) is 4.58. The number of hydrogen-bond donors (Lipinski definition) is 1. The largest absolute Gasteiger partial charge is 0.466 e. The molecule has 0 heterocycles. The Labute approximate surface area is 230 Å². The Hall–Kier alpha value is -4.75. The second kappa shape index (κ2) is 13.2. The molecule has 4 rings (SSSR count). The van der Waals surface area contributed by atoms with Crippen LogP contribution in [0.25, 0.3) is 16.7 Å². The summed E-state index contributed by atoms with van der Waals surface area (Å²) < 4.78 is 23.4. The molecule has 39 heavy (non-hydrogen) atoms. The Bertz CT molecular complexity index is 1500. The minimum absolute atomic E-state index is 0.0919. The van der Waals surface area contributed by atoms with Crippen molar-refractivity contribution in [3.8, 4) is 11.1 Å². The van der Waals surface area contributed by atoms with E-state index in [9.17, 15) is 13.8 Å². The second-order valence-corrected chi connectivity index (χ2v) is 9.57. The average molecular weight is 538 g/mol. The quantitative estimate of drug-likeness (QED) is 0.202. The summed E-state index contributed by atoms with van der Waals surface area (Å²) in [7, 11) is 0.909. The Morgan fingerprint density at radius 2 is 1.23 bits per heavy atom. The third-order valence-electron chi connectivity index (χ3n) is 5.85. The van der Waals surface area contributed by atoms with E-state index in [1.54, 1.807) is 17.5 Å². The van der Waals surface area contributed by atoms with Crippen molar-refractivity contribution in [2.75, 3.05) is 19.5 Å². The van der Waals surface area contributed by atoms with Gasteiger partial charge in [-0.3, -0.25) is 0 Å². The molecule has 0 bridgehead atoms. The van der Waals surface area contributed by atoms with Crippen LogP contribution in [-0.4, -0.2) is 30.4 Å². The highest BCUT2D eigenvalue weighted by Gasteiger charge is 2.18. The molecule has 0 aromatic heterocycles. The van der Waals surface area contributed by atoms with Gasteiger partial charge < -0.3 is 14.8 Å². The lowest BCUT2D eigenvalue weighted by molar-refractivity contribution is -0.138. The Balaban J connectivity index is 1.79. The summed E-state index contributed by atoms with van der Waals surface area (Å²) in [6.07, 6.45) is 1.03. The summed E-state index contributed by atoms with van der Waals surface area (Å²) in [6.45, 7) is 0. The van der Waals surface area contributed by atoms with Gasteiger partial charge in [0.05, 0.1) is 36.0 Å². The van der Waals surface area contributed by atoms with E-state index in [1.807, 2.05) is 97.1 Å². The van der Waals surface area contributed by atoms with Crippen molar-refractivity contribution >= 4 is 34.0 Å². The fourth-order valence-corrected chi connectivity index (χ4v) is 5.20. The number of carbonyl (C=O) groups is 2. The average Bonchev–Trinajstić information content (AvgIpc) is 3.00. The van der Waals surface area contributed by atoms with Crippen LogP contribution in [0.1, 0.15) is 11.1 Å². The molecular formula is C32H27NO5S. The first-order chi connectivity index (χ1) is 19.0. The first-order valence-electron chi connectivity index (χ1n) is 12.1. The zero-order valence-electron chi connectivity index (χ0n) is 21.5. The maximum Gasteiger partial charge on any atom is 0.354 e. The van der Waals surface area contributed by atoms with Crippen molar-refractivity contribution in [2.45, 2.75) is 4.90 Å². The molecule has 4 aromatic rings. The lowest BCUT2D eigenvalue weighted by Crippen LogP contribution is -2.16. The molecule has 196 valence electrons. The fraction of sp³-hybridized carbons (Fsp3) is 0.0625. The van der Waals surface area contributed by atoms with E-state index in [0.29, 0.717) is 21.7 Å². The lowest BCUT2D eigenvalue weighted by atomic mass is 10.00. The van der Waals surface area contributed by atoms with Crippen molar-refractivity contribution < 1.29 is 23.3 Å². The number of rotatable bonds is 9. The zero-order chi connectivity index (χ0) is 27.6. The van der Waals surface area contributed by atoms with Gasteiger partial charge in [0, 0.05) is 22.2 Å². The molecule has 0 radical (unpaired) electrons. The lowest BCUT2D eigenvalue weighted by Gasteiger charge is -2.16. The number of anilines is 1. The Morgan fingerprint density at radius 3 is 1.82 bits per heavy atom. The minimum atomic E-state index is -1.54. The van der Waals surface area contributed by atoms with E-state index in [-0.39, 0.29) is 5.70 Å². The van der Waals surface area contributed by atoms with E-state index >= 15 is 0 Å². The van der Waals surface area contributed by atoms with Crippen molar-refractivity contribution in [1.29, 1.82) is 0 Å². The van der Waals surface area contributed by atoms with Gasteiger partial charge in [0.25, 0.3) is 0 Å². The predicted molar refractivity (Wildman–Crippen MR) is 154 cm³/mol. The van der Waals surface area contributed by atoms with E-state index in [4.69, 9.17) is 4.74 Å². The van der Waals surface area contributed by atoms with Crippen LogP contribution >= 0.6 is 0 Å². The van der Waals surface area contributed by atoms with Crippen LogP contribution in [0.15, 0.2) is 131 Å². The number of para-hydroxylation sites is 1. The number of ether oxygens (including phenoxy) is 2. The van der Waals surface area contributed by atoms with Crippen LogP contribution in [0.5, 0.6) is 0 Å². The summed E-state index contributed by atoms with van der Waals surface area (Å²) in [4.78, 5) is 24.8. The highest BCUT2D eigenvalue weighted by molar-refractivity contribution is 7.88. The molecule has 0 aliphatic carbocycles. The topological polar surface area (TPSA) is 81.7 Å². The molecule has 0 aliphatic rings. The maximum absolute atomic E-state index is 13.9. The summed E-state index contributed by atoms with van der Waals surface area (Å²) in [5.74, 6) is -1.44. The van der Waals surface area contributed by atoms with Gasteiger partial charge >= 0.3 is 11.9 Å². The number of carbonyl (C=O) groups excluding carboxylic acids is 2.